The molecule has 0 spiro atoms. The summed E-state index contributed by atoms with van der Waals surface area (Å²) in [5, 5.41) is 8.74. The summed E-state index contributed by atoms with van der Waals surface area (Å²) in [5.41, 5.74) is 7.00. The van der Waals surface area contributed by atoms with Crippen molar-refractivity contribution in [1.82, 2.24) is 0 Å². The van der Waals surface area contributed by atoms with E-state index in [4.69, 9.17) is 10.8 Å². The Morgan fingerprint density at radius 1 is 1.35 bits per heavy atom. The van der Waals surface area contributed by atoms with E-state index >= 15 is 0 Å². The van der Waals surface area contributed by atoms with Gasteiger partial charge in [0.05, 0.1) is 17.9 Å². The van der Waals surface area contributed by atoms with Gasteiger partial charge in [0.25, 0.3) is 0 Å². The monoisotopic (exact) mass is 234 g/mol. The molecule has 0 saturated carbocycles. The Morgan fingerprint density at radius 3 is 2.53 bits per heavy atom. The Labute approximate surface area is 101 Å². The molecular formula is C13H18N2O2. The average molecular weight is 234 g/mol. The van der Waals surface area contributed by atoms with Gasteiger partial charge in [-0.25, -0.2) is 4.79 Å². The molecule has 0 amide bonds. The normalized spacial score (nSPS) is 11.5. The minimum absolute atomic E-state index is 0.289. The zero-order chi connectivity index (χ0) is 12.7. The van der Waals surface area contributed by atoms with Crippen molar-refractivity contribution in [2.45, 2.75) is 32.7 Å². The van der Waals surface area contributed by atoms with E-state index in [9.17, 15) is 4.79 Å². The summed E-state index contributed by atoms with van der Waals surface area (Å²) >= 11 is 0. The van der Waals surface area contributed by atoms with Crippen molar-refractivity contribution in [3.05, 3.63) is 35.4 Å². The third-order valence-corrected chi connectivity index (χ3v) is 2.45. The molecule has 0 aliphatic carbocycles. The molecule has 4 heteroatoms. The van der Waals surface area contributed by atoms with Crippen molar-refractivity contribution >= 4 is 11.8 Å². The van der Waals surface area contributed by atoms with Crippen molar-refractivity contribution in [1.29, 1.82) is 0 Å². The maximum atomic E-state index is 10.6. The number of aliphatic imine (C=N–C) groups is 1. The summed E-state index contributed by atoms with van der Waals surface area (Å²) in [6, 6.07) is 6.69. The highest BCUT2D eigenvalue weighted by Crippen LogP contribution is 2.06. The second-order valence-corrected chi connectivity index (χ2v) is 3.91. The summed E-state index contributed by atoms with van der Waals surface area (Å²) in [5.74, 6) is -0.253. The van der Waals surface area contributed by atoms with Gasteiger partial charge in [0.2, 0.25) is 0 Å². The van der Waals surface area contributed by atoms with E-state index in [-0.39, 0.29) is 5.56 Å². The van der Waals surface area contributed by atoms with Gasteiger partial charge in [-0.15, -0.1) is 0 Å². The number of carbonyl (C=O) groups is 1. The third-order valence-electron chi connectivity index (χ3n) is 2.45. The van der Waals surface area contributed by atoms with Crippen molar-refractivity contribution in [3.63, 3.8) is 0 Å². The molecule has 1 rings (SSSR count). The molecule has 3 N–H and O–H groups in total. The van der Waals surface area contributed by atoms with Gasteiger partial charge in [0, 0.05) is 6.42 Å². The SMILES string of the molecule is CCCCC(N)=NCc1ccc(C(=O)O)cc1. The van der Waals surface area contributed by atoms with Crippen LogP contribution in [0.3, 0.4) is 0 Å². The summed E-state index contributed by atoms with van der Waals surface area (Å²) in [4.78, 5) is 14.9. The first-order chi connectivity index (χ1) is 8.13. The number of nitrogens with zero attached hydrogens (tertiary/aromatic N) is 1. The predicted molar refractivity (Wildman–Crippen MR) is 68.3 cm³/mol. The average Bonchev–Trinajstić information content (AvgIpc) is 2.34. The lowest BCUT2D eigenvalue weighted by atomic mass is 10.1. The molecule has 0 saturated heterocycles. The fourth-order valence-electron chi connectivity index (χ4n) is 1.38. The third kappa shape index (κ3) is 4.68. The molecule has 1 aromatic carbocycles. The lowest BCUT2D eigenvalue weighted by molar-refractivity contribution is 0.0697. The van der Waals surface area contributed by atoms with E-state index in [2.05, 4.69) is 11.9 Å². The van der Waals surface area contributed by atoms with Crippen molar-refractivity contribution < 1.29 is 9.90 Å². The highest BCUT2D eigenvalue weighted by atomic mass is 16.4. The van der Waals surface area contributed by atoms with Gasteiger partial charge in [0.15, 0.2) is 0 Å². The Bertz CT molecular complexity index is 396. The van der Waals surface area contributed by atoms with Crippen molar-refractivity contribution in [2.75, 3.05) is 0 Å². The van der Waals surface area contributed by atoms with Gasteiger partial charge in [-0.2, -0.15) is 0 Å². The van der Waals surface area contributed by atoms with Gasteiger partial charge >= 0.3 is 5.97 Å². The Hall–Kier alpha value is -1.84. The van der Waals surface area contributed by atoms with Crippen LogP contribution in [-0.4, -0.2) is 16.9 Å². The summed E-state index contributed by atoms with van der Waals surface area (Å²) in [6.45, 7) is 2.62. The maximum absolute atomic E-state index is 10.6. The molecule has 0 heterocycles. The molecule has 92 valence electrons. The van der Waals surface area contributed by atoms with Gasteiger partial charge in [0.1, 0.15) is 0 Å². The van der Waals surface area contributed by atoms with E-state index < -0.39 is 5.97 Å². The lowest BCUT2D eigenvalue weighted by Gasteiger charge is -2.01. The lowest BCUT2D eigenvalue weighted by Crippen LogP contribution is -2.11. The van der Waals surface area contributed by atoms with E-state index in [0.717, 1.165) is 24.8 Å². The first-order valence-corrected chi connectivity index (χ1v) is 5.74. The number of unbranched alkanes of at least 4 members (excludes halogenated alkanes) is 1. The van der Waals surface area contributed by atoms with Crippen LogP contribution in [0.1, 0.15) is 42.1 Å². The molecule has 0 fully saturated rings. The number of nitrogens with two attached hydrogens (primary N) is 1. The van der Waals surface area contributed by atoms with Gasteiger partial charge in [-0.05, 0) is 24.1 Å². The molecule has 0 radical (unpaired) electrons. The number of carboxylic acids is 1. The van der Waals surface area contributed by atoms with Crippen molar-refractivity contribution in [3.8, 4) is 0 Å². The van der Waals surface area contributed by atoms with Crippen LogP contribution in [0.5, 0.6) is 0 Å². The molecule has 0 atom stereocenters. The van der Waals surface area contributed by atoms with E-state index in [1.165, 1.54) is 0 Å². The molecule has 1 aromatic rings. The van der Waals surface area contributed by atoms with Gasteiger partial charge in [-0.1, -0.05) is 25.5 Å². The number of rotatable bonds is 6. The van der Waals surface area contributed by atoms with Crippen LogP contribution in [0.2, 0.25) is 0 Å². The van der Waals surface area contributed by atoms with E-state index in [1.54, 1.807) is 24.3 Å². The summed E-state index contributed by atoms with van der Waals surface area (Å²) < 4.78 is 0. The standard InChI is InChI=1S/C13H18N2O2/c1-2-3-4-12(14)15-9-10-5-7-11(8-6-10)13(16)17/h5-8H,2-4,9H2,1H3,(H2,14,15)(H,16,17). The Morgan fingerprint density at radius 2 is 2.00 bits per heavy atom. The van der Waals surface area contributed by atoms with E-state index in [1.807, 2.05) is 0 Å². The van der Waals surface area contributed by atoms with E-state index in [0.29, 0.717) is 12.4 Å². The number of amidine groups is 1. The molecule has 0 aliphatic heterocycles. The summed E-state index contributed by atoms with van der Waals surface area (Å²) in [6.07, 6.45) is 2.97. The first kappa shape index (κ1) is 13.2. The zero-order valence-electron chi connectivity index (χ0n) is 10.0. The summed E-state index contributed by atoms with van der Waals surface area (Å²) in [7, 11) is 0. The highest BCUT2D eigenvalue weighted by molar-refractivity contribution is 5.87. The zero-order valence-corrected chi connectivity index (χ0v) is 10.0. The van der Waals surface area contributed by atoms with Crippen LogP contribution in [0.25, 0.3) is 0 Å². The number of hydrogen-bond acceptors (Lipinski definition) is 2. The topological polar surface area (TPSA) is 75.7 Å². The largest absolute Gasteiger partial charge is 0.478 e. The Kier molecular flexibility index (Phi) is 5.20. The predicted octanol–water partition coefficient (Wildman–Crippen LogP) is 2.43. The molecular weight excluding hydrogens is 216 g/mol. The number of carboxylic acid groups (broad SMARTS) is 1. The van der Waals surface area contributed by atoms with Crippen LogP contribution < -0.4 is 5.73 Å². The molecule has 0 aliphatic rings. The molecule has 0 unspecified atom stereocenters. The minimum atomic E-state index is -0.914. The fraction of sp³-hybridized carbons (Fsp3) is 0.385. The van der Waals surface area contributed by atoms with Gasteiger partial charge < -0.3 is 10.8 Å². The van der Waals surface area contributed by atoms with Crippen LogP contribution in [0, 0.1) is 0 Å². The molecule has 4 nitrogen and oxygen atoms in total. The second-order valence-electron chi connectivity index (χ2n) is 3.91. The first-order valence-electron chi connectivity index (χ1n) is 5.74. The maximum Gasteiger partial charge on any atom is 0.335 e. The van der Waals surface area contributed by atoms with Crippen LogP contribution >= 0.6 is 0 Å². The molecule has 0 aromatic heterocycles. The van der Waals surface area contributed by atoms with Crippen LogP contribution in [0.4, 0.5) is 0 Å². The Balaban J connectivity index is 2.54. The fourth-order valence-corrected chi connectivity index (χ4v) is 1.38. The second kappa shape index (κ2) is 6.68. The number of benzene rings is 1. The molecule has 17 heavy (non-hydrogen) atoms. The number of aromatic carboxylic acids is 1. The minimum Gasteiger partial charge on any atom is -0.478 e. The van der Waals surface area contributed by atoms with Crippen LogP contribution in [0.15, 0.2) is 29.3 Å². The number of hydrogen-bond donors (Lipinski definition) is 2. The van der Waals surface area contributed by atoms with Crippen LogP contribution in [-0.2, 0) is 6.54 Å². The quantitative estimate of drug-likeness (QED) is 0.586. The van der Waals surface area contributed by atoms with Gasteiger partial charge in [-0.3, -0.25) is 4.99 Å². The van der Waals surface area contributed by atoms with Crippen molar-refractivity contribution in [2.24, 2.45) is 10.7 Å². The highest BCUT2D eigenvalue weighted by Gasteiger charge is 2.01. The molecule has 0 bridgehead atoms. The smallest absolute Gasteiger partial charge is 0.335 e.